The van der Waals surface area contributed by atoms with Crippen LogP contribution in [0.5, 0.6) is 0 Å². The Morgan fingerprint density at radius 3 is 2.00 bits per heavy atom. The average molecular weight is 171 g/mol. The normalized spacial score (nSPS) is 13.0. The topological polar surface area (TPSA) is 29.1 Å². The monoisotopic (exact) mass is 171 g/mol. The van der Waals surface area contributed by atoms with Crippen LogP contribution >= 0.6 is 0 Å². The Morgan fingerprint density at radius 1 is 1.27 bits per heavy atom. The first-order chi connectivity index (χ1) is 4.81. The van der Waals surface area contributed by atoms with E-state index in [1.54, 1.807) is 13.0 Å². The molecule has 11 heavy (non-hydrogen) atoms. The van der Waals surface area contributed by atoms with Crippen molar-refractivity contribution in [2.24, 2.45) is 0 Å². The summed E-state index contributed by atoms with van der Waals surface area (Å²) in [6.07, 6.45) is 1.64. The van der Waals surface area contributed by atoms with Gasteiger partial charge in [0.25, 0.3) is 0 Å². The summed E-state index contributed by atoms with van der Waals surface area (Å²) in [7, 11) is -1.26. The quantitative estimate of drug-likeness (QED) is 0.519. The van der Waals surface area contributed by atoms with Gasteiger partial charge in [-0.2, -0.15) is 0 Å². The third kappa shape index (κ3) is 7.32. The molecule has 0 unspecified atom stereocenters. The molecule has 0 aliphatic heterocycles. The molecule has 0 aromatic heterocycles. The van der Waals surface area contributed by atoms with Crippen molar-refractivity contribution in [3.05, 3.63) is 11.8 Å². The summed E-state index contributed by atoms with van der Waals surface area (Å²) in [5.74, 6) is 0.105. The molecular formula is C8H17NOSi. The largest absolute Gasteiger partial charge is 0.414 e. The molecule has 0 bridgehead atoms. The van der Waals surface area contributed by atoms with Crippen LogP contribution in [0.2, 0.25) is 19.6 Å². The van der Waals surface area contributed by atoms with Crippen LogP contribution in [-0.4, -0.2) is 14.0 Å². The lowest BCUT2D eigenvalue weighted by molar-refractivity contribution is -0.112. The summed E-state index contributed by atoms with van der Waals surface area (Å²) in [5.41, 5.74) is 0.983. The van der Waals surface area contributed by atoms with Crippen LogP contribution in [0.15, 0.2) is 11.8 Å². The van der Waals surface area contributed by atoms with Crippen LogP contribution in [0, 0.1) is 0 Å². The highest BCUT2D eigenvalue weighted by Crippen LogP contribution is 1.99. The third-order valence-corrected chi connectivity index (χ3v) is 2.14. The standard InChI is InChI=1S/C8H17NOSi/c1-7(6-8(2)10)9-11(3,4)5/h6,9H,1-5H3/b7-6-. The molecule has 1 N–H and O–H groups in total. The van der Waals surface area contributed by atoms with Gasteiger partial charge in [0, 0.05) is 5.70 Å². The zero-order valence-electron chi connectivity index (χ0n) is 7.99. The fourth-order valence-corrected chi connectivity index (χ4v) is 2.19. The SMILES string of the molecule is CC(=O)/C=C(/C)N[Si](C)(C)C. The Labute approximate surface area is 69.8 Å². The second-order valence-corrected chi connectivity index (χ2v) is 8.56. The Bertz CT molecular complexity index is 179. The van der Waals surface area contributed by atoms with E-state index in [0.717, 1.165) is 5.70 Å². The molecule has 2 nitrogen and oxygen atoms in total. The van der Waals surface area contributed by atoms with E-state index in [1.807, 2.05) is 6.92 Å². The minimum absolute atomic E-state index is 0.105. The summed E-state index contributed by atoms with van der Waals surface area (Å²) >= 11 is 0. The van der Waals surface area contributed by atoms with E-state index in [1.165, 1.54) is 0 Å². The number of allylic oxidation sites excluding steroid dienone is 2. The van der Waals surface area contributed by atoms with Crippen molar-refractivity contribution in [2.75, 3.05) is 0 Å². The zero-order valence-corrected chi connectivity index (χ0v) is 8.99. The average Bonchev–Trinajstić information content (AvgIpc) is 1.53. The molecule has 0 atom stereocenters. The fourth-order valence-electron chi connectivity index (χ4n) is 0.932. The molecule has 3 heteroatoms. The van der Waals surface area contributed by atoms with Gasteiger partial charge < -0.3 is 4.98 Å². The predicted octanol–water partition coefficient (Wildman–Crippen LogP) is 1.90. The Kier molecular flexibility index (Phi) is 3.52. The maximum atomic E-state index is 10.6. The van der Waals surface area contributed by atoms with Crippen LogP contribution in [0.1, 0.15) is 13.8 Å². The molecule has 64 valence electrons. The van der Waals surface area contributed by atoms with Gasteiger partial charge in [0.15, 0.2) is 5.78 Å². The number of hydrogen-bond acceptors (Lipinski definition) is 2. The number of carbonyl (C=O) groups excluding carboxylic acids is 1. The van der Waals surface area contributed by atoms with Crippen molar-refractivity contribution in [3.63, 3.8) is 0 Å². The summed E-state index contributed by atoms with van der Waals surface area (Å²) in [5, 5.41) is 0. The summed E-state index contributed by atoms with van der Waals surface area (Å²) in [4.78, 5) is 14.0. The van der Waals surface area contributed by atoms with Crippen molar-refractivity contribution in [1.29, 1.82) is 0 Å². The van der Waals surface area contributed by atoms with E-state index in [2.05, 4.69) is 24.6 Å². The van der Waals surface area contributed by atoms with Gasteiger partial charge in [0.2, 0.25) is 0 Å². The molecule has 0 rings (SSSR count). The maximum absolute atomic E-state index is 10.6. The molecule has 0 heterocycles. The molecule has 0 radical (unpaired) electrons. The van der Waals surface area contributed by atoms with Crippen LogP contribution in [-0.2, 0) is 4.79 Å². The van der Waals surface area contributed by atoms with E-state index in [0.29, 0.717) is 0 Å². The van der Waals surface area contributed by atoms with Crippen molar-refractivity contribution >= 4 is 14.0 Å². The van der Waals surface area contributed by atoms with Crippen molar-refractivity contribution in [2.45, 2.75) is 33.5 Å². The van der Waals surface area contributed by atoms with Crippen molar-refractivity contribution in [3.8, 4) is 0 Å². The van der Waals surface area contributed by atoms with E-state index in [4.69, 9.17) is 0 Å². The van der Waals surface area contributed by atoms with Gasteiger partial charge in [0.05, 0.1) is 0 Å². The molecule has 0 saturated heterocycles. The number of nitrogens with one attached hydrogen (secondary N) is 1. The molecule has 0 aliphatic rings. The first-order valence-corrected chi connectivity index (χ1v) is 7.28. The van der Waals surface area contributed by atoms with Crippen LogP contribution in [0.25, 0.3) is 0 Å². The Balaban J connectivity index is 4.07. The lowest BCUT2D eigenvalue weighted by Gasteiger charge is -2.19. The summed E-state index contributed by atoms with van der Waals surface area (Å²) < 4.78 is 0. The van der Waals surface area contributed by atoms with E-state index in [9.17, 15) is 4.79 Å². The smallest absolute Gasteiger partial charge is 0.154 e. The molecular weight excluding hydrogens is 154 g/mol. The van der Waals surface area contributed by atoms with Crippen LogP contribution < -0.4 is 4.98 Å². The van der Waals surface area contributed by atoms with Crippen molar-refractivity contribution < 1.29 is 4.79 Å². The second-order valence-electron chi connectivity index (χ2n) is 3.81. The van der Waals surface area contributed by atoms with Gasteiger partial charge in [-0.1, -0.05) is 19.6 Å². The fraction of sp³-hybridized carbons (Fsp3) is 0.625. The van der Waals surface area contributed by atoms with Gasteiger partial charge in [-0.15, -0.1) is 0 Å². The minimum atomic E-state index is -1.26. The lowest BCUT2D eigenvalue weighted by atomic mass is 10.3. The highest BCUT2D eigenvalue weighted by molar-refractivity contribution is 6.74. The molecule has 0 aromatic rings. The first kappa shape index (κ1) is 10.4. The Hall–Kier alpha value is -0.573. The van der Waals surface area contributed by atoms with Gasteiger partial charge in [-0.25, -0.2) is 0 Å². The molecule has 0 aliphatic carbocycles. The van der Waals surface area contributed by atoms with Gasteiger partial charge >= 0.3 is 0 Å². The molecule has 0 spiro atoms. The second kappa shape index (κ2) is 3.71. The highest BCUT2D eigenvalue weighted by Gasteiger charge is 2.11. The summed E-state index contributed by atoms with van der Waals surface area (Å²) in [6, 6.07) is 0. The number of carbonyl (C=O) groups is 1. The minimum Gasteiger partial charge on any atom is -0.414 e. The number of hydrogen-bond donors (Lipinski definition) is 1. The molecule has 0 amide bonds. The molecule has 0 aromatic carbocycles. The molecule has 0 fully saturated rings. The van der Waals surface area contributed by atoms with Crippen LogP contribution in [0.4, 0.5) is 0 Å². The third-order valence-electron chi connectivity index (χ3n) is 0.992. The zero-order chi connectivity index (χ0) is 9.07. The van der Waals surface area contributed by atoms with E-state index >= 15 is 0 Å². The van der Waals surface area contributed by atoms with E-state index < -0.39 is 8.24 Å². The maximum Gasteiger partial charge on any atom is 0.154 e. The number of rotatable bonds is 3. The first-order valence-electron chi connectivity index (χ1n) is 3.78. The van der Waals surface area contributed by atoms with Gasteiger partial charge in [-0.3, -0.25) is 4.79 Å². The Morgan fingerprint density at radius 2 is 1.73 bits per heavy atom. The van der Waals surface area contributed by atoms with Crippen LogP contribution in [0.3, 0.4) is 0 Å². The molecule has 0 saturated carbocycles. The number of ketones is 1. The van der Waals surface area contributed by atoms with E-state index in [-0.39, 0.29) is 5.78 Å². The predicted molar refractivity (Wildman–Crippen MR) is 50.9 cm³/mol. The summed E-state index contributed by atoms with van der Waals surface area (Å²) in [6.45, 7) is 10.1. The van der Waals surface area contributed by atoms with Gasteiger partial charge in [0.1, 0.15) is 8.24 Å². The van der Waals surface area contributed by atoms with Gasteiger partial charge in [-0.05, 0) is 19.9 Å². The highest BCUT2D eigenvalue weighted by atomic mass is 28.3. The van der Waals surface area contributed by atoms with Crippen molar-refractivity contribution in [1.82, 2.24) is 4.98 Å². The lowest BCUT2D eigenvalue weighted by Crippen LogP contribution is -2.39.